The van der Waals surface area contributed by atoms with Crippen molar-refractivity contribution in [3.8, 4) is 10.6 Å². The van der Waals surface area contributed by atoms with Gasteiger partial charge in [-0.1, -0.05) is 12.1 Å². The van der Waals surface area contributed by atoms with Crippen molar-refractivity contribution in [2.45, 2.75) is 44.5 Å². The van der Waals surface area contributed by atoms with E-state index in [9.17, 15) is 18.3 Å². The van der Waals surface area contributed by atoms with Gasteiger partial charge in [-0.2, -0.15) is 18.2 Å². The Kier molecular flexibility index (Phi) is 5.01. The summed E-state index contributed by atoms with van der Waals surface area (Å²) >= 11 is 1.50. The summed E-state index contributed by atoms with van der Waals surface area (Å²) in [4.78, 5) is 13.4. The lowest BCUT2D eigenvalue weighted by Gasteiger charge is -2.35. The van der Waals surface area contributed by atoms with Crippen LogP contribution in [0.25, 0.3) is 20.8 Å². The number of fused-ring (bicyclic) bond motifs is 2. The van der Waals surface area contributed by atoms with Crippen molar-refractivity contribution in [1.29, 1.82) is 0 Å². The minimum Gasteiger partial charge on any atom is -0.393 e. The molecule has 5 rings (SSSR count). The Morgan fingerprint density at radius 3 is 2.58 bits per heavy atom. The largest absolute Gasteiger partial charge is 0.405 e. The van der Waals surface area contributed by atoms with Crippen molar-refractivity contribution in [2.24, 2.45) is 11.8 Å². The van der Waals surface area contributed by atoms with Crippen LogP contribution in [0.4, 0.5) is 24.9 Å². The summed E-state index contributed by atoms with van der Waals surface area (Å²) in [5, 5.41) is 16.7. The lowest BCUT2D eigenvalue weighted by Crippen LogP contribution is -2.35. The first kappa shape index (κ1) is 20.4. The van der Waals surface area contributed by atoms with Gasteiger partial charge in [0.05, 0.1) is 27.6 Å². The molecule has 2 aliphatic carbocycles. The summed E-state index contributed by atoms with van der Waals surface area (Å²) < 4.78 is 39.1. The fourth-order valence-electron chi connectivity index (χ4n) is 4.65. The van der Waals surface area contributed by atoms with Gasteiger partial charge in [0.15, 0.2) is 0 Å². The number of aryl methyl sites for hydroxylation is 1. The van der Waals surface area contributed by atoms with Gasteiger partial charge in [0.2, 0.25) is 5.95 Å². The van der Waals surface area contributed by atoms with E-state index in [1.165, 1.54) is 11.3 Å². The second kappa shape index (κ2) is 7.59. The zero-order chi connectivity index (χ0) is 21.8. The molecule has 3 aromatic rings. The minimum absolute atomic E-state index is 0.0200. The smallest absolute Gasteiger partial charge is 0.393 e. The van der Waals surface area contributed by atoms with Crippen LogP contribution in [0.3, 0.4) is 0 Å². The molecule has 0 saturated heterocycles. The molecule has 0 bridgehead atoms. The molecule has 3 N–H and O–H groups in total. The highest BCUT2D eigenvalue weighted by atomic mass is 32.1. The van der Waals surface area contributed by atoms with Gasteiger partial charge in [0, 0.05) is 6.04 Å². The topological polar surface area (TPSA) is 83.0 Å². The molecule has 2 fully saturated rings. The third-order valence-electron chi connectivity index (χ3n) is 6.26. The van der Waals surface area contributed by atoms with Crippen molar-refractivity contribution >= 4 is 33.3 Å². The van der Waals surface area contributed by atoms with Gasteiger partial charge in [-0.3, -0.25) is 0 Å². The van der Waals surface area contributed by atoms with Crippen LogP contribution in [-0.4, -0.2) is 44.9 Å². The first-order chi connectivity index (χ1) is 14.8. The average Bonchev–Trinajstić information content (AvgIpc) is 3.16. The molecule has 4 atom stereocenters. The molecule has 1 aromatic carbocycles. The summed E-state index contributed by atoms with van der Waals surface area (Å²) in [5.41, 5.74) is 2.09. The molecule has 6 nitrogen and oxygen atoms in total. The van der Waals surface area contributed by atoms with Crippen LogP contribution in [0.2, 0.25) is 0 Å². The maximum Gasteiger partial charge on any atom is 0.405 e. The number of aliphatic hydroxyl groups is 1. The number of thiazole rings is 1. The van der Waals surface area contributed by atoms with E-state index in [0.29, 0.717) is 34.4 Å². The predicted octanol–water partition coefficient (Wildman–Crippen LogP) is 4.61. The van der Waals surface area contributed by atoms with Crippen molar-refractivity contribution < 1.29 is 18.3 Å². The quantitative estimate of drug-likeness (QED) is 0.528. The molecular formula is C21H22F3N5OS. The van der Waals surface area contributed by atoms with Crippen molar-refractivity contribution in [3.63, 3.8) is 0 Å². The summed E-state index contributed by atoms with van der Waals surface area (Å²) in [6.07, 6.45) is -2.09. The predicted molar refractivity (Wildman–Crippen MR) is 114 cm³/mol. The van der Waals surface area contributed by atoms with Gasteiger partial charge >= 0.3 is 6.18 Å². The zero-order valence-corrected chi connectivity index (χ0v) is 17.6. The van der Waals surface area contributed by atoms with E-state index < -0.39 is 12.7 Å². The van der Waals surface area contributed by atoms with Crippen LogP contribution in [0, 0.1) is 18.8 Å². The number of aliphatic hydroxyl groups excluding tert-OH is 1. The second-order valence-electron chi connectivity index (χ2n) is 8.27. The molecule has 0 amide bonds. The standard InChI is InChI=1S/C21H22F3N5OS/c1-10-17(19-28-13-4-2-3-5-16(13)31-19)18(29-20(26-10)25-9-21(22,23)24)27-14-8-15(30)12-7-6-11(12)14/h2-5,11-12,14-15,30H,6-9H2,1H3,(H2,25,26,27,29). The number of rotatable bonds is 5. The molecule has 4 unspecified atom stereocenters. The molecule has 0 radical (unpaired) electrons. The fourth-order valence-corrected chi connectivity index (χ4v) is 5.71. The van der Waals surface area contributed by atoms with Crippen molar-refractivity contribution in [2.75, 3.05) is 17.2 Å². The number of alkyl halides is 3. The Morgan fingerprint density at radius 2 is 1.90 bits per heavy atom. The van der Waals surface area contributed by atoms with Crippen LogP contribution in [0.15, 0.2) is 24.3 Å². The van der Waals surface area contributed by atoms with Gasteiger partial charge in [-0.25, -0.2) is 9.97 Å². The summed E-state index contributed by atoms with van der Waals surface area (Å²) in [5.74, 6) is 1.01. The summed E-state index contributed by atoms with van der Waals surface area (Å²) in [6.45, 7) is 0.544. The third-order valence-corrected chi connectivity index (χ3v) is 7.31. The normalized spacial score (nSPS) is 25.3. The van der Waals surface area contributed by atoms with Gasteiger partial charge < -0.3 is 15.7 Å². The van der Waals surface area contributed by atoms with E-state index in [1.807, 2.05) is 24.3 Å². The van der Waals surface area contributed by atoms with Crippen LogP contribution >= 0.6 is 11.3 Å². The zero-order valence-electron chi connectivity index (χ0n) is 16.8. The van der Waals surface area contributed by atoms with Crippen molar-refractivity contribution in [3.05, 3.63) is 30.0 Å². The van der Waals surface area contributed by atoms with Gasteiger partial charge in [0.1, 0.15) is 17.4 Å². The number of hydrogen-bond donors (Lipinski definition) is 3. The lowest BCUT2D eigenvalue weighted by molar-refractivity contribution is -0.115. The third kappa shape index (κ3) is 3.94. The molecule has 2 saturated carbocycles. The molecule has 0 aliphatic heterocycles. The molecule has 31 heavy (non-hydrogen) atoms. The Balaban J connectivity index is 1.53. The Hall–Kier alpha value is -2.46. The number of aromatic nitrogens is 3. The highest BCUT2D eigenvalue weighted by Crippen LogP contribution is 2.48. The molecule has 2 heterocycles. The maximum atomic E-state index is 12.7. The van der Waals surface area contributed by atoms with Crippen LogP contribution in [0.1, 0.15) is 25.0 Å². The number of hydrogen-bond acceptors (Lipinski definition) is 7. The van der Waals surface area contributed by atoms with Gasteiger partial charge in [0.25, 0.3) is 0 Å². The monoisotopic (exact) mass is 449 g/mol. The minimum atomic E-state index is -4.37. The molecule has 2 aromatic heterocycles. The molecule has 10 heteroatoms. The van der Waals surface area contributed by atoms with Gasteiger partial charge in [-0.05, 0) is 50.2 Å². The van der Waals surface area contributed by atoms with E-state index in [0.717, 1.165) is 23.1 Å². The lowest BCUT2D eigenvalue weighted by atomic mass is 9.74. The molecule has 2 aliphatic rings. The number of para-hydroxylation sites is 1. The van der Waals surface area contributed by atoms with E-state index in [1.54, 1.807) is 6.92 Å². The first-order valence-electron chi connectivity index (χ1n) is 10.3. The summed E-state index contributed by atoms with van der Waals surface area (Å²) in [6, 6.07) is 7.77. The Morgan fingerprint density at radius 1 is 1.13 bits per heavy atom. The summed E-state index contributed by atoms with van der Waals surface area (Å²) in [7, 11) is 0. The number of nitrogens with zero attached hydrogens (tertiary/aromatic N) is 3. The van der Waals surface area contributed by atoms with E-state index in [2.05, 4.69) is 20.6 Å². The Bertz CT molecular complexity index is 1090. The number of nitrogens with one attached hydrogen (secondary N) is 2. The van der Waals surface area contributed by atoms with Crippen LogP contribution < -0.4 is 10.6 Å². The number of anilines is 2. The van der Waals surface area contributed by atoms with Gasteiger partial charge in [-0.15, -0.1) is 11.3 Å². The van der Waals surface area contributed by atoms with E-state index >= 15 is 0 Å². The van der Waals surface area contributed by atoms with E-state index in [4.69, 9.17) is 4.98 Å². The highest BCUT2D eigenvalue weighted by molar-refractivity contribution is 7.21. The molecule has 0 spiro atoms. The van der Waals surface area contributed by atoms with E-state index in [-0.39, 0.29) is 24.0 Å². The fraction of sp³-hybridized carbons (Fsp3) is 0.476. The average molecular weight is 450 g/mol. The molecular weight excluding hydrogens is 427 g/mol. The van der Waals surface area contributed by atoms with Crippen molar-refractivity contribution in [1.82, 2.24) is 15.0 Å². The molecule has 164 valence electrons. The van der Waals surface area contributed by atoms with Crippen LogP contribution in [0.5, 0.6) is 0 Å². The number of halogens is 3. The van der Waals surface area contributed by atoms with Crippen LogP contribution in [-0.2, 0) is 0 Å². The highest BCUT2D eigenvalue weighted by Gasteiger charge is 2.48. The number of benzene rings is 1. The SMILES string of the molecule is Cc1nc(NCC(F)(F)F)nc(NC2CC(O)C3CCC23)c1-c1nc2ccccc2s1. The Labute approximate surface area is 180 Å². The maximum absolute atomic E-state index is 12.7. The first-order valence-corrected chi connectivity index (χ1v) is 11.1. The second-order valence-corrected chi connectivity index (χ2v) is 9.30.